The summed E-state index contributed by atoms with van der Waals surface area (Å²) in [6, 6.07) is 16.0. The highest BCUT2D eigenvalue weighted by atomic mass is 16.1. The molecule has 4 aromatic rings. The second-order valence-electron chi connectivity index (χ2n) is 8.19. The zero-order valence-electron chi connectivity index (χ0n) is 18.8. The molecule has 0 aliphatic carbocycles. The summed E-state index contributed by atoms with van der Waals surface area (Å²) in [7, 11) is 1.72. The summed E-state index contributed by atoms with van der Waals surface area (Å²) in [4.78, 5) is 29.9. The van der Waals surface area contributed by atoms with Crippen LogP contribution < -0.4 is 10.9 Å². The predicted molar refractivity (Wildman–Crippen MR) is 125 cm³/mol. The molecule has 0 spiro atoms. The average molecular weight is 430 g/mol. The number of fused-ring (bicyclic) bond motifs is 1. The van der Waals surface area contributed by atoms with Crippen LogP contribution in [0.1, 0.15) is 34.5 Å². The smallest absolute Gasteiger partial charge is 0.273 e. The van der Waals surface area contributed by atoms with Gasteiger partial charge in [0.15, 0.2) is 5.65 Å². The molecule has 1 N–H and O–H groups in total. The molecule has 7 heteroatoms. The molecule has 0 saturated carbocycles. The number of hydrogen-bond donors (Lipinski definition) is 1. The molecule has 4 rings (SSSR count). The topological polar surface area (TPSA) is 81.8 Å². The number of amides is 1. The standard InChI is InChI=1S/C25H27N5O2/c1-16-5-9-19(10-6-16)15-26-22(31)14-13-21-25(32)29(4)24-23(27-21)18(3)28-30(24)20-11-7-17(2)8-12-20/h5-12H,13-15H2,1-4H3,(H,26,31). The van der Waals surface area contributed by atoms with Crippen LogP contribution in [-0.4, -0.2) is 25.2 Å². The maximum absolute atomic E-state index is 13.0. The average Bonchev–Trinajstić information content (AvgIpc) is 3.11. The molecule has 0 fully saturated rings. The Morgan fingerprint density at radius 1 is 0.969 bits per heavy atom. The third-order valence-corrected chi connectivity index (χ3v) is 5.60. The van der Waals surface area contributed by atoms with Gasteiger partial charge in [-0.1, -0.05) is 47.5 Å². The second-order valence-corrected chi connectivity index (χ2v) is 8.19. The summed E-state index contributed by atoms with van der Waals surface area (Å²) in [5.41, 5.74) is 6.45. The summed E-state index contributed by atoms with van der Waals surface area (Å²) in [5, 5.41) is 7.52. The summed E-state index contributed by atoms with van der Waals surface area (Å²) in [5.74, 6) is -0.110. The van der Waals surface area contributed by atoms with Crippen molar-refractivity contribution >= 4 is 17.1 Å². The Hall–Kier alpha value is -3.74. The predicted octanol–water partition coefficient (Wildman–Crippen LogP) is 3.29. The van der Waals surface area contributed by atoms with E-state index in [1.807, 2.05) is 69.3 Å². The molecular formula is C25H27N5O2. The maximum Gasteiger partial charge on any atom is 0.273 e. The van der Waals surface area contributed by atoms with Crippen LogP contribution in [0.15, 0.2) is 53.3 Å². The molecule has 2 heterocycles. The SMILES string of the molecule is Cc1ccc(CNC(=O)CCc2nc3c(C)nn(-c4ccc(C)cc4)c3n(C)c2=O)cc1. The van der Waals surface area contributed by atoms with E-state index in [0.717, 1.165) is 22.5 Å². The zero-order chi connectivity index (χ0) is 22.8. The summed E-state index contributed by atoms with van der Waals surface area (Å²) in [6.07, 6.45) is 0.474. The van der Waals surface area contributed by atoms with Crippen LogP contribution >= 0.6 is 0 Å². The van der Waals surface area contributed by atoms with Crippen molar-refractivity contribution in [3.05, 3.63) is 87.0 Å². The van der Waals surface area contributed by atoms with Crippen LogP contribution in [0.25, 0.3) is 16.9 Å². The molecule has 2 aromatic carbocycles. The summed E-state index contributed by atoms with van der Waals surface area (Å²) >= 11 is 0. The van der Waals surface area contributed by atoms with Crippen LogP contribution in [0.5, 0.6) is 0 Å². The molecule has 0 aliphatic rings. The zero-order valence-corrected chi connectivity index (χ0v) is 18.8. The third kappa shape index (κ3) is 4.32. The molecule has 7 nitrogen and oxygen atoms in total. The number of nitrogens with one attached hydrogen (secondary N) is 1. The van der Waals surface area contributed by atoms with Gasteiger partial charge in [0.05, 0.1) is 11.4 Å². The van der Waals surface area contributed by atoms with Gasteiger partial charge in [-0.25, -0.2) is 9.67 Å². The first-order valence-electron chi connectivity index (χ1n) is 10.7. The first-order chi connectivity index (χ1) is 15.3. The van der Waals surface area contributed by atoms with Crippen LogP contribution in [0, 0.1) is 20.8 Å². The maximum atomic E-state index is 13.0. The Bertz CT molecular complexity index is 1330. The monoisotopic (exact) mass is 429 g/mol. The van der Waals surface area contributed by atoms with Crippen LogP contribution in [0.3, 0.4) is 0 Å². The Kier molecular flexibility index (Phi) is 5.90. The minimum Gasteiger partial charge on any atom is -0.352 e. The lowest BCUT2D eigenvalue weighted by Crippen LogP contribution is -2.27. The second kappa shape index (κ2) is 8.78. The lowest BCUT2D eigenvalue weighted by molar-refractivity contribution is -0.121. The van der Waals surface area contributed by atoms with E-state index < -0.39 is 0 Å². The van der Waals surface area contributed by atoms with Gasteiger partial charge in [-0.2, -0.15) is 5.10 Å². The fraction of sp³-hybridized carbons (Fsp3) is 0.280. The lowest BCUT2D eigenvalue weighted by Gasteiger charge is -2.09. The normalized spacial score (nSPS) is 11.1. The fourth-order valence-electron chi connectivity index (χ4n) is 3.67. The Morgan fingerprint density at radius 2 is 1.59 bits per heavy atom. The van der Waals surface area contributed by atoms with Gasteiger partial charge in [0.2, 0.25) is 5.91 Å². The minimum atomic E-state index is -0.211. The van der Waals surface area contributed by atoms with Crippen molar-refractivity contribution in [1.82, 2.24) is 24.6 Å². The van der Waals surface area contributed by atoms with Crippen LogP contribution in [0.2, 0.25) is 0 Å². The van der Waals surface area contributed by atoms with Crippen molar-refractivity contribution in [2.24, 2.45) is 7.05 Å². The van der Waals surface area contributed by atoms with Gasteiger partial charge in [-0.05, 0) is 38.5 Å². The van der Waals surface area contributed by atoms with Crippen LogP contribution in [0.4, 0.5) is 0 Å². The molecule has 0 unspecified atom stereocenters. The molecule has 0 aliphatic heterocycles. The fourth-order valence-corrected chi connectivity index (χ4v) is 3.67. The van der Waals surface area contributed by atoms with Gasteiger partial charge in [0.1, 0.15) is 11.2 Å². The van der Waals surface area contributed by atoms with E-state index in [2.05, 4.69) is 15.4 Å². The number of carbonyl (C=O) groups is 1. The van der Waals surface area contributed by atoms with E-state index in [0.29, 0.717) is 23.4 Å². The first kappa shape index (κ1) is 21.5. The van der Waals surface area contributed by atoms with Gasteiger partial charge >= 0.3 is 0 Å². The Labute approximate surface area is 186 Å². The Morgan fingerprint density at radius 3 is 2.25 bits per heavy atom. The third-order valence-electron chi connectivity index (χ3n) is 5.60. The molecule has 1 amide bonds. The number of carbonyl (C=O) groups excluding carboxylic acids is 1. The summed E-state index contributed by atoms with van der Waals surface area (Å²) in [6.45, 7) is 6.39. The minimum absolute atomic E-state index is 0.110. The quantitative estimate of drug-likeness (QED) is 0.510. The number of hydrogen-bond acceptors (Lipinski definition) is 4. The van der Waals surface area contributed by atoms with Gasteiger partial charge in [0.25, 0.3) is 5.56 Å². The lowest BCUT2D eigenvalue weighted by atomic mass is 10.1. The van der Waals surface area contributed by atoms with Crippen molar-refractivity contribution in [2.45, 2.75) is 40.2 Å². The van der Waals surface area contributed by atoms with Gasteiger partial charge in [-0.15, -0.1) is 0 Å². The van der Waals surface area contributed by atoms with E-state index >= 15 is 0 Å². The molecular weight excluding hydrogens is 402 g/mol. The van der Waals surface area contributed by atoms with Crippen molar-refractivity contribution in [3.8, 4) is 5.69 Å². The van der Waals surface area contributed by atoms with Crippen molar-refractivity contribution in [1.29, 1.82) is 0 Å². The van der Waals surface area contributed by atoms with E-state index in [4.69, 9.17) is 0 Å². The molecule has 0 saturated heterocycles. The van der Waals surface area contributed by atoms with Crippen molar-refractivity contribution in [3.63, 3.8) is 0 Å². The number of benzene rings is 2. The van der Waals surface area contributed by atoms with Crippen LogP contribution in [-0.2, 0) is 24.8 Å². The first-order valence-corrected chi connectivity index (χ1v) is 10.7. The van der Waals surface area contributed by atoms with Gasteiger partial charge < -0.3 is 5.32 Å². The highest BCUT2D eigenvalue weighted by Gasteiger charge is 2.18. The molecule has 164 valence electrons. The Balaban J connectivity index is 1.53. The molecule has 0 atom stereocenters. The van der Waals surface area contributed by atoms with Crippen molar-refractivity contribution < 1.29 is 4.79 Å². The van der Waals surface area contributed by atoms with Gasteiger partial charge in [-0.3, -0.25) is 14.2 Å². The van der Waals surface area contributed by atoms with E-state index in [-0.39, 0.29) is 24.3 Å². The van der Waals surface area contributed by atoms with Gasteiger partial charge in [0, 0.05) is 26.4 Å². The highest BCUT2D eigenvalue weighted by Crippen LogP contribution is 2.19. The number of nitrogens with zero attached hydrogens (tertiary/aromatic N) is 4. The number of aromatic nitrogens is 4. The number of rotatable bonds is 6. The highest BCUT2D eigenvalue weighted by molar-refractivity contribution is 5.77. The van der Waals surface area contributed by atoms with E-state index in [1.54, 1.807) is 16.3 Å². The molecule has 0 bridgehead atoms. The molecule has 32 heavy (non-hydrogen) atoms. The summed E-state index contributed by atoms with van der Waals surface area (Å²) < 4.78 is 3.32. The van der Waals surface area contributed by atoms with E-state index in [1.165, 1.54) is 5.56 Å². The van der Waals surface area contributed by atoms with Crippen molar-refractivity contribution in [2.75, 3.05) is 0 Å². The number of aryl methyl sites for hydroxylation is 5. The molecule has 2 aromatic heterocycles. The molecule has 0 radical (unpaired) electrons. The largest absolute Gasteiger partial charge is 0.352 e. The van der Waals surface area contributed by atoms with E-state index in [9.17, 15) is 9.59 Å².